The smallest absolute Gasteiger partial charge is 0.338 e. The fourth-order valence-electron chi connectivity index (χ4n) is 3.81. The lowest BCUT2D eigenvalue weighted by molar-refractivity contribution is -0.261. The van der Waals surface area contributed by atoms with E-state index in [4.69, 9.17) is 23.7 Å². The van der Waals surface area contributed by atoms with E-state index in [1.807, 2.05) is 0 Å². The standard InChI is InChI=1S/C28H26O8/c1-32-28-24(36-27(31)21-15-9-4-10-16-21)23(35-26(30)20-13-7-3-8-14-20)17-22(34-28)18-33-25(29)19-11-5-2-6-12-19/h2-16,22-24,28H,17-18H2,1H3/t22-,23+,24-,28-/m1/s1. The van der Waals surface area contributed by atoms with Crippen molar-refractivity contribution in [1.82, 2.24) is 0 Å². The van der Waals surface area contributed by atoms with E-state index in [1.165, 1.54) is 7.11 Å². The average Bonchev–Trinajstić information content (AvgIpc) is 2.94. The Labute approximate surface area is 208 Å². The number of methoxy groups -OCH3 is 1. The first-order chi connectivity index (χ1) is 17.5. The van der Waals surface area contributed by atoms with Gasteiger partial charge < -0.3 is 23.7 Å². The molecular formula is C28H26O8. The highest BCUT2D eigenvalue weighted by molar-refractivity contribution is 5.90. The molecule has 1 aliphatic rings. The molecule has 8 nitrogen and oxygen atoms in total. The molecule has 0 saturated carbocycles. The van der Waals surface area contributed by atoms with Crippen LogP contribution >= 0.6 is 0 Å². The summed E-state index contributed by atoms with van der Waals surface area (Å²) in [5.41, 5.74) is 1.08. The molecule has 0 amide bonds. The predicted octanol–water partition coefficient (Wildman–Crippen LogP) is 4.06. The third kappa shape index (κ3) is 6.35. The highest BCUT2D eigenvalue weighted by atomic mass is 16.7. The van der Waals surface area contributed by atoms with Crippen LogP contribution in [0.2, 0.25) is 0 Å². The number of esters is 3. The van der Waals surface area contributed by atoms with E-state index in [1.54, 1.807) is 91.0 Å². The van der Waals surface area contributed by atoms with Gasteiger partial charge in [-0.3, -0.25) is 0 Å². The summed E-state index contributed by atoms with van der Waals surface area (Å²) in [7, 11) is 1.39. The Hall–Kier alpha value is -4.01. The van der Waals surface area contributed by atoms with E-state index in [0.717, 1.165) is 0 Å². The van der Waals surface area contributed by atoms with Gasteiger partial charge in [-0.05, 0) is 36.4 Å². The van der Waals surface area contributed by atoms with Crippen molar-refractivity contribution in [3.8, 4) is 0 Å². The molecule has 0 aromatic heterocycles. The molecule has 1 fully saturated rings. The summed E-state index contributed by atoms with van der Waals surface area (Å²) >= 11 is 0. The minimum atomic E-state index is -1.06. The molecule has 1 saturated heterocycles. The molecule has 0 aliphatic carbocycles. The number of hydrogen-bond acceptors (Lipinski definition) is 8. The van der Waals surface area contributed by atoms with Crippen LogP contribution in [0.15, 0.2) is 91.0 Å². The zero-order chi connectivity index (χ0) is 25.3. The van der Waals surface area contributed by atoms with E-state index >= 15 is 0 Å². The first-order valence-electron chi connectivity index (χ1n) is 11.5. The van der Waals surface area contributed by atoms with Gasteiger partial charge in [-0.15, -0.1) is 0 Å². The average molecular weight is 491 g/mol. The molecule has 0 unspecified atom stereocenters. The molecule has 0 radical (unpaired) electrons. The van der Waals surface area contributed by atoms with Crippen LogP contribution in [0.25, 0.3) is 0 Å². The molecule has 1 aliphatic heterocycles. The molecule has 8 heteroatoms. The van der Waals surface area contributed by atoms with Crippen molar-refractivity contribution in [3.05, 3.63) is 108 Å². The van der Waals surface area contributed by atoms with Crippen LogP contribution in [-0.2, 0) is 23.7 Å². The lowest BCUT2D eigenvalue weighted by Crippen LogP contribution is -2.53. The van der Waals surface area contributed by atoms with Crippen molar-refractivity contribution in [2.75, 3.05) is 13.7 Å². The Morgan fingerprint density at radius 2 is 1.19 bits per heavy atom. The topological polar surface area (TPSA) is 97.4 Å². The molecule has 3 aromatic carbocycles. The van der Waals surface area contributed by atoms with Gasteiger partial charge in [-0.2, -0.15) is 0 Å². The Bertz CT molecular complexity index is 1150. The van der Waals surface area contributed by atoms with Crippen LogP contribution in [0.1, 0.15) is 37.5 Å². The Kier molecular flexibility index (Phi) is 8.44. The second-order valence-corrected chi connectivity index (χ2v) is 8.11. The van der Waals surface area contributed by atoms with Gasteiger partial charge in [0.1, 0.15) is 12.7 Å². The number of ether oxygens (including phenoxy) is 5. The lowest BCUT2D eigenvalue weighted by atomic mass is 10.0. The van der Waals surface area contributed by atoms with Crippen LogP contribution in [0.4, 0.5) is 0 Å². The van der Waals surface area contributed by atoms with E-state index < -0.39 is 42.5 Å². The van der Waals surface area contributed by atoms with Crippen molar-refractivity contribution in [1.29, 1.82) is 0 Å². The zero-order valence-corrected chi connectivity index (χ0v) is 19.6. The van der Waals surface area contributed by atoms with E-state index in [2.05, 4.69) is 0 Å². The molecular weight excluding hydrogens is 464 g/mol. The van der Waals surface area contributed by atoms with E-state index in [9.17, 15) is 14.4 Å². The van der Waals surface area contributed by atoms with Crippen LogP contribution < -0.4 is 0 Å². The summed E-state index contributed by atoms with van der Waals surface area (Å²) in [4.78, 5) is 38.0. The molecule has 3 aromatic rings. The van der Waals surface area contributed by atoms with Crippen molar-refractivity contribution in [3.63, 3.8) is 0 Å². The fraction of sp³-hybridized carbons (Fsp3) is 0.250. The van der Waals surface area contributed by atoms with Gasteiger partial charge >= 0.3 is 17.9 Å². The number of benzene rings is 3. The van der Waals surface area contributed by atoms with Crippen molar-refractivity contribution < 1.29 is 38.1 Å². The number of rotatable bonds is 8. The van der Waals surface area contributed by atoms with E-state index in [0.29, 0.717) is 16.7 Å². The predicted molar refractivity (Wildman–Crippen MR) is 128 cm³/mol. The van der Waals surface area contributed by atoms with Gasteiger partial charge in [-0.25, -0.2) is 14.4 Å². The third-order valence-electron chi connectivity index (χ3n) is 5.62. The maximum Gasteiger partial charge on any atom is 0.338 e. The molecule has 4 rings (SSSR count). The monoisotopic (exact) mass is 490 g/mol. The molecule has 36 heavy (non-hydrogen) atoms. The van der Waals surface area contributed by atoms with E-state index in [-0.39, 0.29) is 13.0 Å². The summed E-state index contributed by atoms with van der Waals surface area (Å²) in [6, 6.07) is 25.5. The molecule has 1 heterocycles. The number of hydrogen-bond donors (Lipinski definition) is 0. The van der Waals surface area contributed by atoms with Gasteiger partial charge in [-0.1, -0.05) is 54.6 Å². The Morgan fingerprint density at radius 1 is 0.722 bits per heavy atom. The van der Waals surface area contributed by atoms with Crippen molar-refractivity contribution in [2.24, 2.45) is 0 Å². The fourth-order valence-corrected chi connectivity index (χ4v) is 3.81. The first kappa shape index (κ1) is 25.1. The second-order valence-electron chi connectivity index (χ2n) is 8.11. The minimum absolute atomic E-state index is 0.105. The number of carbonyl (C=O) groups excluding carboxylic acids is 3. The van der Waals surface area contributed by atoms with Gasteiger partial charge in [0, 0.05) is 13.5 Å². The molecule has 0 spiro atoms. The highest BCUT2D eigenvalue weighted by Gasteiger charge is 2.44. The minimum Gasteiger partial charge on any atom is -0.459 e. The summed E-state index contributed by atoms with van der Waals surface area (Å²) < 4.78 is 28.2. The highest BCUT2D eigenvalue weighted by Crippen LogP contribution is 2.28. The maximum atomic E-state index is 12.8. The lowest BCUT2D eigenvalue weighted by Gasteiger charge is -2.39. The quantitative estimate of drug-likeness (QED) is 0.345. The van der Waals surface area contributed by atoms with Crippen molar-refractivity contribution >= 4 is 17.9 Å². The maximum absolute atomic E-state index is 12.8. The van der Waals surface area contributed by atoms with Crippen LogP contribution in [0.5, 0.6) is 0 Å². The SMILES string of the molecule is CO[C@@H]1O[C@@H](COC(=O)c2ccccc2)C[C@H](OC(=O)c2ccccc2)[C@H]1OC(=O)c1ccccc1. The van der Waals surface area contributed by atoms with Crippen molar-refractivity contribution in [2.45, 2.75) is 31.0 Å². The summed E-state index contributed by atoms with van der Waals surface area (Å²) in [5, 5.41) is 0. The van der Waals surface area contributed by atoms with Crippen LogP contribution in [0.3, 0.4) is 0 Å². The normalized spacial score (nSPS) is 21.2. The van der Waals surface area contributed by atoms with Gasteiger partial charge in [0.05, 0.1) is 22.8 Å². The third-order valence-corrected chi connectivity index (χ3v) is 5.62. The van der Waals surface area contributed by atoms with Crippen LogP contribution in [-0.4, -0.2) is 56.2 Å². The largest absolute Gasteiger partial charge is 0.459 e. The van der Waals surface area contributed by atoms with Gasteiger partial charge in [0.25, 0.3) is 0 Å². The summed E-state index contributed by atoms with van der Waals surface area (Å²) in [6.45, 7) is -0.105. The van der Waals surface area contributed by atoms with Gasteiger partial charge in [0.15, 0.2) is 12.4 Å². The first-order valence-corrected chi connectivity index (χ1v) is 11.5. The van der Waals surface area contributed by atoms with Crippen LogP contribution in [0, 0.1) is 0 Å². The molecule has 4 atom stereocenters. The molecule has 0 bridgehead atoms. The Balaban J connectivity index is 1.50. The molecule has 0 N–H and O–H groups in total. The number of carbonyl (C=O) groups is 3. The summed E-state index contributed by atoms with van der Waals surface area (Å²) in [5.74, 6) is -1.71. The van der Waals surface area contributed by atoms with Gasteiger partial charge in [0.2, 0.25) is 0 Å². The summed E-state index contributed by atoms with van der Waals surface area (Å²) in [6.07, 6.45) is -3.56. The molecule has 186 valence electrons. The second kappa shape index (κ2) is 12.1. The Morgan fingerprint density at radius 3 is 1.69 bits per heavy atom. The zero-order valence-electron chi connectivity index (χ0n) is 19.6.